The first-order valence-electron chi connectivity index (χ1n) is 11.2. The number of phenolic OH excluding ortho intramolecular Hbond substituents is 1. The van der Waals surface area contributed by atoms with E-state index in [1.807, 2.05) is 18.2 Å². The quantitative estimate of drug-likeness (QED) is 0.536. The highest BCUT2D eigenvalue weighted by Gasteiger charge is 2.33. The van der Waals surface area contributed by atoms with Crippen LogP contribution in [0.5, 0.6) is 11.5 Å². The Morgan fingerprint density at radius 2 is 1.61 bits per heavy atom. The molecule has 0 saturated carbocycles. The van der Waals surface area contributed by atoms with E-state index in [1.54, 1.807) is 12.1 Å². The van der Waals surface area contributed by atoms with Crippen LogP contribution >= 0.6 is 11.6 Å². The van der Waals surface area contributed by atoms with Gasteiger partial charge >= 0.3 is 0 Å². The van der Waals surface area contributed by atoms with Gasteiger partial charge in [0.2, 0.25) is 0 Å². The number of halogens is 1. The summed E-state index contributed by atoms with van der Waals surface area (Å²) in [5.41, 5.74) is 5.00. The largest absolute Gasteiger partial charge is 0.508 e. The molecular formula is C27H28ClNO2. The fourth-order valence-corrected chi connectivity index (χ4v) is 5.12. The number of hydrogen-bond donors (Lipinski definition) is 1. The number of rotatable bonds is 5. The van der Waals surface area contributed by atoms with Crippen molar-refractivity contribution in [2.75, 3.05) is 26.2 Å². The van der Waals surface area contributed by atoms with Crippen LogP contribution in [0.3, 0.4) is 0 Å². The highest BCUT2D eigenvalue weighted by atomic mass is 35.5. The molecule has 4 heteroatoms. The maximum Gasteiger partial charge on any atom is 0.126 e. The first kappa shape index (κ1) is 20.4. The van der Waals surface area contributed by atoms with Gasteiger partial charge in [0.15, 0.2) is 0 Å². The number of nitrogens with zero attached hydrogens (tertiary/aromatic N) is 1. The van der Waals surface area contributed by atoms with E-state index in [9.17, 15) is 5.11 Å². The van der Waals surface area contributed by atoms with Crippen molar-refractivity contribution in [3.8, 4) is 11.5 Å². The van der Waals surface area contributed by atoms with Crippen LogP contribution in [-0.4, -0.2) is 36.2 Å². The van der Waals surface area contributed by atoms with Crippen LogP contribution in [0.2, 0.25) is 5.02 Å². The number of phenols is 1. The molecule has 3 aromatic carbocycles. The first-order chi connectivity index (χ1) is 15.2. The normalized spacial score (nSPS) is 20.9. The molecule has 1 saturated heterocycles. The summed E-state index contributed by atoms with van der Waals surface area (Å²) in [7, 11) is 0. The van der Waals surface area contributed by atoms with Gasteiger partial charge in [0.25, 0.3) is 0 Å². The summed E-state index contributed by atoms with van der Waals surface area (Å²) in [5.74, 6) is 1.36. The molecule has 5 rings (SSSR count). The average Bonchev–Trinajstić information content (AvgIpc) is 3.32. The molecule has 2 aliphatic heterocycles. The Morgan fingerprint density at radius 1 is 0.903 bits per heavy atom. The first-order valence-corrected chi connectivity index (χ1v) is 11.6. The van der Waals surface area contributed by atoms with Gasteiger partial charge in [0.1, 0.15) is 11.5 Å². The van der Waals surface area contributed by atoms with Crippen molar-refractivity contribution in [3.63, 3.8) is 0 Å². The summed E-state index contributed by atoms with van der Waals surface area (Å²) >= 11 is 6.13. The standard InChI is InChI=1S/C27H28ClNO2/c28-22-9-7-20(8-10-22)25-18-31-26-17-23(30)11-12-24(26)27(25)21-5-3-19(4-6-21)13-16-29-14-1-2-15-29/h3-12,17,25,27,30H,1-2,13-16,18H2/t25-,27?/m1/s1. The van der Waals surface area contributed by atoms with Crippen molar-refractivity contribution in [2.45, 2.75) is 31.1 Å². The molecule has 1 N–H and O–H groups in total. The minimum atomic E-state index is 0.165. The molecule has 1 fully saturated rings. The lowest BCUT2D eigenvalue weighted by atomic mass is 9.75. The van der Waals surface area contributed by atoms with Crippen molar-refractivity contribution in [3.05, 3.63) is 94.0 Å². The lowest BCUT2D eigenvalue weighted by Gasteiger charge is -2.34. The summed E-state index contributed by atoms with van der Waals surface area (Å²) in [5, 5.41) is 10.7. The molecule has 0 amide bonds. The van der Waals surface area contributed by atoms with Gasteiger partial charge in [-0.05, 0) is 67.2 Å². The van der Waals surface area contributed by atoms with E-state index in [4.69, 9.17) is 16.3 Å². The highest BCUT2D eigenvalue weighted by Crippen LogP contribution is 2.47. The third kappa shape index (κ3) is 4.44. The molecule has 2 atom stereocenters. The minimum absolute atomic E-state index is 0.165. The zero-order valence-electron chi connectivity index (χ0n) is 17.6. The number of benzene rings is 3. The van der Waals surface area contributed by atoms with E-state index >= 15 is 0 Å². The monoisotopic (exact) mass is 433 g/mol. The van der Waals surface area contributed by atoms with Gasteiger partial charge in [-0.25, -0.2) is 0 Å². The molecule has 31 heavy (non-hydrogen) atoms. The Labute approximate surface area is 189 Å². The lowest BCUT2D eigenvalue weighted by Crippen LogP contribution is -2.25. The predicted molar refractivity (Wildman–Crippen MR) is 125 cm³/mol. The van der Waals surface area contributed by atoms with Gasteiger partial charge in [-0.1, -0.05) is 54.1 Å². The van der Waals surface area contributed by atoms with E-state index < -0.39 is 0 Å². The summed E-state index contributed by atoms with van der Waals surface area (Å²) in [6, 6.07) is 22.7. The zero-order valence-corrected chi connectivity index (χ0v) is 18.4. The summed E-state index contributed by atoms with van der Waals surface area (Å²) in [6.45, 7) is 4.20. The van der Waals surface area contributed by atoms with E-state index in [-0.39, 0.29) is 17.6 Å². The summed E-state index contributed by atoms with van der Waals surface area (Å²) in [4.78, 5) is 2.56. The Balaban J connectivity index is 1.44. The molecule has 2 heterocycles. The van der Waals surface area contributed by atoms with Crippen molar-refractivity contribution in [1.82, 2.24) is 4.90 Å². The Bertz CT molecular complexity index is 1030. The highest BCUT2D eigenvalue weighted by molar-refractivity contribution is 6.30. The maximum atomic E-state index is 9.95. The van der Waals surface area contributed by atoms with Gasteiger partial charge < -0.3 is 14.7 Å². The smallest absolute Gasteiger partial charge is 0.126 e. The Hall–Kier alpha value is -2.49. The van der Waals surface area contributed by atoms with E-state index in [1.165, 1.54) is 42.6 Å². The number of ether oxygens (including phenoxy) is 1. The third-order valence-electron chi connectivity index (χ3n) is 6.71. The topological polar surface area (TPSA) is 32.7 Å². The van der Waals surface area contributed by atoms with Crippen LogP contribution < -0.4 is 4.74 Å². The van der Waals surface area contributed by atoms with Crippen LogP contribution in [0, 0.1) is 0 Å². The molecular weight excluding hydrogens is 406 g/mol. The minimum Gasteiger partial charge on any atom is -0.508 e. The SMILES string of the molecule is Oc1ccc2c(c1)OC[C@H](c1ccc(Cl)cc1)C2c1ccc(CCN2CCCC2)cc1. The number of fused-ring (bicyclic) bond motifs is 1. The van der Waals surface area contributed by atoms with Gasteiger partial charge in [-0.2, -0.15) is 0 Å². The summed E-state index contributed by atoms with van der Waals surface area (Å²) in [6.07, 6.45) is 3.77. The molecule has 0 bridgehead atoms. The van der Waals surface area contributed by atoms with Crippen LogP contribution in [0.25, 0.3) is 0 Å². The van der Waals surface area contributed by atoms with Crippen molar-refractivity contribution in [2.24, 2.45) is 0 Å². The van der Waals surface area contributed by atoms with Crippen molar-refractivity contribution in [1.29, 1.82) is 0 Å². The molecule has 1 unspecified atom stereocenters. The summed E-state index contributed by atoms with van der Waals surface area (Å²) < 4.78 is 6.07. The second kappa shape index (κ2) is 8.94. The third-order valence-corrected chi connectivity index (χ3v) is 6.96. The molecule has 0 aromatic heterocycles. The van der Waals surface area contributed by atoms with Crippen LogP contribution in [0.1, 0.15) is 46.9 Å². The second-order valence-corrected chi connectivity index (χ2v) is 9.15. The van der Waals surface area contributed by atoms with Gasteiger partial charge in [0, 0.05) is 35.0 Å². The number of likely N-dealkylation sites (tertiary alicyclic amines) is 1. The average molecular weight is 434 g/mol. The molecule has 160 valence electrons. The zero-order chi connectivity index (χ0) is 21.2. The molecule has 0 radical (unpaired) electrons. The van der Waals surface area contributed by atoms with E-state index in [0.29, 0.717) is 6.61 Å². The fourth-order valence-electron chi connectivity index (χ4n) is 4.99. The van der Waals surface area contributed by atoms with Crippen LogP contribution in [0.15, 0.2) is 66.7 Å². The van der Waals surface area contributed by atoms with E-state index in [2.05, 4.69) is 41.3 Å². The molecule has 3 aromatic rings. The maximum absolute atomic E-state index is 9.95. The molecule has 0 spiro atoms. The fraction of sp³-hybridized carbons (Fsp3) is 0.333. The van der Waals surface area contributed by atoms with Crippen LogP contribution in [-0.2, 0) is 6.42 Å². The van der Waals surface area contributed by atoms with Crippen molar-refractivity contribution < 1.29 is 9.84 Å². The molecule has 2 aliphatic rings. The number of aromatic hydroxyl groups is 1. The predicted octanol–water partition coefficient (Wildman–Crippen LogP) is 5.99. The van der Waals surface area contributed by atoms with Crippen LogP contribution in [0.4, 0.5) is 0 Å². The lowest BCUT2D eigenvalue weighted by molar-refractivity contribution is 0.248. The molecule has 3 nitrogen and oxygen atoms in total. The van der Waals surface area contributed by atoms with E-state index in [0.717, 1.165) is 29.3 Å². The van der Waals surface area contributed by atoms with Gasteiger partial charge in [0.05, 0.1) is 6.61 Å². The van der Waals surface area contributed by atoms with Crippen molar-refractivity contribution >= 4 is 11.6 Å². The second-order valence-electron chi connectivity index (χ2n) is 8.71. The molecule has 0 aliphatic carbocycles. The Morgan fingerprint density at radius 3 is 2.35 bits per heavy atom. The van der Waals surface area contributed by atoms with Gasteiger partial charge in [-0.15, -0.1) is 0 Å². The number of hydrogen-bond acceptors (Lipinski definition) is 3. The Kier molecular flexibility index (Phi) is 5.89. The van der Waals surface area contributed by atoms with Gasteiger partial charge in [-0.3, -0.25) is 0 Å².